The molecule has 3 rings (SSSR count). The lowest BCUT2D eigenvalue weighted by atomic mass is 9.59. The lowest BCUT2D eigenvalue weighted by Gasteiger charge is -2.49. The zero-order valence-corrected chi connectivity index (χ0v) is 20.3. The van der Waals surface area contributed by atoms with Gasteiger partial charge in [0.2, 0.25) is 9.04 Å². The van der Waals surface area contributed by atoms with Crippen molar-refractivity contribution in [3.05, 3.63) is 41.5 Å². The number of hydrogen-bond donors (Lipinski definition) is 2. The largest absolute Gasteiger partial charge is 0.547 e. The van der Waals surface area contributed by atoms with E-state index in [4.69, 9.17) is 4.43 Å². The molecule has 1 aromatic rings. The average molecular weight is 417 g/mol. The molecule has 0 unspecified atom stereocenters. The molecule has 2 aliphatic carbocycles. The third-order valence-corrected chi connectivity index (χ3v) is 8.23. The van der Waals surface area contributed by atoms with Crippen LogP contribution in [-0.2, 0) is 5.41 Å². The van der Waals surface area contributed by atoms with Crippen LogP contribution in [0.15, 0.2) is 30.4 Å². The highest BCUT2D eigenvalue weighted by Crippen LogP contribution is 2.61. The molecule has 0 spiro atoms. The predicted octanol–water partition coefficient (Wildman–Crippen LogP) is 5.31. The first kappa shape index (κ1) is 22.6. The fraction of sp³-hybridized carbons (Fsp3) is 0.680. The van der Waals surface area contributed by atoms with Crippen molar-refractivity contribution in [3.63, 3.8) is 0 Å². The highest BCUT2D eigenvalue weighted by molar-refractivity contribution is 6.49. The van der Waals surface area contributed by atoms with Crippen molar-refractivity contribution in [1.29, 1.82) is 0 Å². The maximum absolute atomic E-state index is 11.7. The first-order valence-electron chi connectivity index (χ1n) is 11.3. The summed E-state index contributed by atoms with van der Waals surface area (Å²) < 4.78 is 6.40. The summed E-state index contributed by atoms with van der Waals surface area (Å²) in [4.78, 5) is 0. The molecule has 0 bridgehead atoms. The Morgan fingerprint density at radius 3 is 2.55 bits per heavy atom. The molecule has 2 N–H and O–H groups in total. The third-order valence-electron chi connectivity index (χ3n) is 7.50. The average Bonchev–Trinajstić information content (AvgIpc) is 2.89. The van der Waals surface area contributed by atoms with E-state index in [-0.39, 0.29) is 17.4 Å². The Morgan fingerprint density at radius 2 is 1.93 bits per heavy atom. The van der Waals surface area contributed by atoms with Gasteiger partial charge in [0, 0.05) is 5.41 Å². The first-order chi connectivity index (χ1) is 13.5. The van der Waals surface area contributed by atoms with Crippen LogP contribution in [0.4, 0.5) is 0 Å². The molecular weight excluding hydrogens is 376 g/mol. The maximum atomic E-state index is 11.7. The van der Waals surface area contributed by atoms with Crippen LogP contribution in [0.2, 0.25) is 13.1 Å². The second kappa shape index (κ2) is 8.20. The van der Waals surface area contributed by atoms with Gasteiger partial charge in [0.1, 0.15) is 5.75 Å². The fourth-order valence-corrected chi connectivity index (χ4v) is 6.29. The number of rotatable bonds is 5. The third kappa shape index (κ3) is 4.35. The van der Waals surface area contributed by atoms with Crippen molar-refractivity contribution in [2.24, 2.45) is 11.3 Å². The minimum absolute atomic E-state index is 0.0769. The molecule has 2 saturated carbocycles. The van der Waals surface area contributed by atoms with Crippen LogP contribution in [0.5, 0.6) is 5.75 Å². The van der Waals surface area contributed by atoms with Crippen molar-refractivity contribution in [1.82, 2.24) is 0 Å². The molecule has 0 radical (unpaired) electrons. The van der Waals surface area contributed by atoms with E-state index in [1.54, 1.807) is 0 Å². The van der Waals surface area contributed by atoms with Gasteiger partial charge < -0.3 is 14.6 Å². The lowest BCUT2D eigenvalue weighted by Crippen LogP contribution is -2.49. The molecule has 0 amide bonds. The monoisotopic (exact) mass is 416 g/mol. The Kier molecular flexibility index (Phi) is 6.39. The number of aliphatic hydroxyl groups is 2. The topological polar surface area (TPSA) is 49.7 Å². The number of aliphatic hydroxyl groups excluding tert-OH is 1. The molecule has 0 heterocycles. The summed E-state index contributed by atoms with van der Waals surface area (Å²) in [6, 6.07) is 6.77. The zero-order valence-electron chi connectivity index (χ0n) is 19.2. The number of fused-ring (bicyclic) bond motifs is 1. The molecule has 3 nitrogen and oxygen atoms in total. The van der Waals surface area contributed by atoms with E-state index in [0.717, 1.165) is 37.9 Å². The lowest BCUT2D eigenvalue weighted by molar-refractivity contribution is -0.0985. The number of benzene rings is 1. The molecule has 0 saturated heterocycles. The molecule has 162 valence electrons. The predicted molar refractivity (Wildman–Crippen MR) is 123 cm³/mol. The van der Waals surface area contributed by atoms with Crippen LogP contribution in [0.25, 0.3) is 0 Å². The summed E-state index contributed by atoms with van der Waals surface area (Å²) in [5.74, 6) is 1.74. The van der Waals surface area contributed by atoms with Crippen molar-refractivity contribution < 1.29 is 14.6 Å². The first-order valence-corrected chi connectivity index (χ1v) is 14.1. The van der Waals surface area contributed by atoms with Crippen LogP contribution in [0, 0.1) is 11.3 Å². The van der Waals surface area contributed by atoms with Crippen molar-refractivity contribution in [2.75, 3.05) is 6.61 Å². The minimum Gasteiger partial charge on any atom is -0.547 e. The van der Waals surface area contributed by atoms with E-state index >= 15 is 0 Å². The van der Waals surface area contributed by atoms with Crippen molar-refractivity contribution in [2.45, 2.75) is 89.8 Å². The molecular formula is C25H40O3Si. The van der Waals surface area contributed by atoms with Gasteiger partial charge in [-0.3, -0.25) is 0 Å². The van der Waals surface area contributed by atoms with Gasteiger partial charge in [-0.05, 0) is 79.6 Å². The Morgan fingerprint density at radius 1 is 1.21 bits per heavy atom. The molecule has 1 aromatic carbocycles. The standard InChI is InChI=1S/C25H40O3Si/c1-23(2,3)20-9-10-21(22(16-20)28-29(5)6)18-11-13-24(4)19(8-7-15-26)12-14-25(24,27)17-18/h7-10,16,18-19,26-27,29H,11-15,17H2,1-6H3/b8-7+/t18-,19-,24+,25-/m0/s1. The van der Waals surface area contributed by atoms with Crippen LogP contribution in [-0.4, -0.2) is 31.5 Å². The van der Waals surface area contributed by atoms with Gasteiger partial charge in [-0.1, -0.05) is 52.0 Å². The van der Waals surface area contributed by atoms with E-state index in [2.05, 4.69) is 65.1 Å². The zero-order chi connectivity index (χ0) is 21.4. The molecule has 29 heavy (non-hydrogen) atoms. The van der Waals surface area contributed by atoms with Gasteiger partial charge in [-0.15, -0.1) is 0 Å². The Bertz CT molecular complexity index is 751. The van der Waals surface area contributed by atoms with Crippen LogP contribution >= 0.6 is 0 Å². The Hall–Kier alpha value is -1.10. The highest BCUT2D eigenvalue weighted by atomic mass is 28.3. The molecule has 0 aliphatic heterocycles. The second-order valence-corrected chi connectivity index (χ2v) is 13.1. The van der Waals surface area contributed by atoms with E-state index in [1.165, 1.54) is 11.1 Å². The van der Waals surface area contributed by atoms with Crippen LogP contribution < -0.4 is 4.43 Å². The normalized spacial score (nSPS) is 32.7. The SMILES string of the molecule is C[SiH](C)Oc1cc(C(C)(C)C)ccc1[C@H]1CC[C@]2(C)[C@@H](/C=C/CO)CC[C@]2(O)C1. The van der Waals surface area contributed by atoms with Gasteiger partial charge in [-0.2, -0.15) is 0 Å². The van der Waals surface area contributed by atoms with E-state index in [0.29, 0.717) is 11.8 Å². The minimum atomic E-state index is -1.23. The summed E-state index contributed by atoms with van der Waals surface area (Å²) in [5, 5.41) is 20.9. The number of hydrogen-bond acceptors (Lipinski definition) is 3. The summed E-state index contributed by atoms with van der Waals surface area (Å²) in [5.41, 5.74) is 1.93. The van der Waals surface area contributed by atoms with Gasteiger partial charge >= 0.3 is 0 Å². The Balaban J connectivity index is 1.90. The fourth-order valence-electron chi connectivity index (χ4n) is 5.57. The molecule has 2 fully saturated rings. The van der Waals surface area contributed by atoms with E-state index < -0.39 is 14.6 Å². The maximum Gasteiger partial charge on any atom is 0.229 e. The van der Waals surface area contributed by atoms with Crippen molar-refractivity contribution >= 4 is 9.04 Å². The van der Waals surface area contributed by atoms with Gasteiger partial charge in [-0.25, -0.2) is 0 Å². The van der Waals surface area contributed by atoms with E-state index in [1.807, 2.05) is 6.08 Å². The molecule has 0 aromatic heterocycles. The summed E-state index contributed by atoms with van der Waals surface area (Å²) in [6.07, 6.45) is 8.71. The molecule has 4 heteroatoms. The molecule has 4 atom stereocenters. The van der Waals surface area contributed by atoms with Crippen molar-refractivity contribution in [3.8, 4) is 5.75 Å². The van der Waals surface area contributed by atoms with E-state index in [9.17, 15) is 10.2 Å². The molecule has 2 aliphatic rings. The smallest absolute Gasteiger partial charge is 0.229 e. The van der Waals surface area contributed by atoms with Gasteiger partial charge in [0.05, 0.1) is 12.2 Å². The Labute approximate surface area is 178 Å². The summed E-state index contributed by atoms with van der Waals surface area (Å²) in [6.45, 7) is 13.5. The second-order valence-electron chi connectivity index (χ2n) is 10.8. The number of allylic oxidation sites excluding steroid dienone is 1. The summed E-state index contributed by atoms with van der Waals surface area (Å²) in [7, 11) is -1.23. The quantitative estimate of drug-likeness (QED) is 0.505. The highest BCUT2D eigenvalue weighted by Gasteiger charge is 2.58. The van der Waals surface area contributed by atoms with Crippen LogP contribution in [0.3, 0.4) is 0 Å². The summed E-state index contributed by atoms with van der Waals surface area (Å²) >= 11 is 0. The van der Waals surface area contributed by atoms with Gasteiger partial charge in [0.25, 0.3) is 0 Å². The van der Waals surface area contributed by atoms with Gasteiger partial charge in [0.15, 0.2) is 0 Å². The van der Waals surface area contributed by atoms with Crippen LogP contribution in [0.1, 0.15) is 76.8 Å².